The Labute approximate surface area is 88.1 Å². The molecular formula is C11H14N4. The maximum Gasteiger partial charge on any atom is 0.154 e. The molecule has 0 spiro atoms. The first-order chi connectivity index (χ1) is 7.34. The average Bonchev–Trinajstić information content (AvgIpc) is 2.64. The number of nitrogens with two attached hydrogens (primary N) is 1. The lowest BCUT2D eigenvalue weighted by molar-refractivity contribution is 0.251. The molecule has 0 unspecified atom stereocenters. The molecule has 0 bridgehead atoms. The zero-order valence-corrected chi connectivity index (χ0v) is 8.56. The van der Waals surface area contributed by atoms with E-state index < -0.39 is 0 Å². The normalized spacial score (nSPS) is 19.0. The van der Waals surface area contributed by atoms with Crippen LogP contribution in [-0.2, 0) is 5.41 Å². The lowest BCUT2D eigenvalue weighted by Gasteiger charge is -2.41. The standard InChI is InChI=1S/C11H14N4/c12-8-11(3-1-4-11)9-6-13-10-2-5-14-15(10)7-9/h2,5-7H,1,3-4,8,12H2. The Morgan fingerprint density at radius 2 is 2.33 bits per heavy atom. The Balaban J connectivity index is 2.10. The summed E-state index contributed by atoms with van der Waals surface area (Å²) in [6.07, 6.45) is 9.41. The smallest absolute Gasteiger partial charge is 0.154 e. The van der Waals surface area contributed by atoms with E-state index >= 15 is 0 Å². The minimum Gasteiger partial charge on any atom is -0.330 e. The highest BCUT2D eigenvalue weighted by Gasteiger charge is 2.37. The van der Waals surface area contributed by atoms with E-state index in [1.807, 2.05) is 16.8 Å². The van der Waals surface area contributed by atoms with Crippen LogP contribution in [0.3, 0.4) is 0 Å². The largest absolute Gasteiger partial charge is 0.330 e. The summed E-state index contributed by atoms with van der Waals surface area (Å²) >= 11 is 0. The fourth-order valence-corrected chi connectivity index (χ4v) is 2.30. The van der Waals surface area contributed by atoms with Crippen LogP contribution in [0.5, 0.6) is 0 Å². The van der Waals surface area contributed by atoms with Crippen LogP contribution in [0.25, 0.3) is 5.65 Å². The number of aromatic nitrogens is 3. The van der Waals surface area contributed by atoms with Crippen LogP contribution in [0, 0.1) is 0 Å². The predicted octanol–water partition coefficient (Wildman–Crippen LogP) is 1.11. The molecule has 0 radical (unpaired) electrons. The second kappa shape index (κ2) is 3.03. The summed E-state index contributed by atoms with van der Waals surface area (Å²) in [4.78, 5) is 4.38. The van der Waals surface area contributed by atoms with Gasteiger partial charge in [-0.25, -0.2) is 9.50 Å². The molecule has 4 heteroatoms. The third-order valence-corrected chi connectivity index (χ3v) is 3.56. The van der Waals surface area contributed by atoms with Gasteiger partial charge in [0.15, 0.2) is 5.65 Å². The van der Waals surface area contributed by atoms with Crippen molar-refractivity contribution >= 4 is 5.65 Å². The molecule has 0 amide bonds. The molecule has 1 fully saturated rings. The van der Waals surface area contributed by atoms with Crippen molar-refractivity contribution in [3.63, 3.8) is 0 Å². The van der Waals surface area contributed by atoms with E-state index in [0.717, 1.165) is 5.65 Å². The van der Waals surface area contributed by atoms with Crippen LogP contribution < -0.4 is 5.73 Å². The number of rotatable bonds is 2. The van der Waals surface area contributed by atoms with Crippen molar-refractivity contribution in [1.29, 1.82) is 0 Å². The van der Waals surface area contributed by atoms with Gasteiger partial charge in [-0.15, -0.1) is 0 Å². The summed E-state index contributed by atoms with van der Waals surface area (Å²) in [5.74, 6) is 0. The molecule has 0 aliphatic heterocycles. The SMILES string of the molecule is NCC1(c2cnc3ccnn3c2)CCC1. The molecule has 2 heterocycles. The van der Waals surface area contributed by atoms with Crippen LogP contribution in [0.4, 0.5) is 0 Å². The first-order valence-corrected chi connectivity index (χ1v) is 5.34. The van der Waals surface area contributed by atoms with Gasteiger partial charge in [0.05, 0.1) is 6.20 Å². The van der Waals surface area contributed by atoms with Gasteiger partial charge in [-0.2, -0.15) is 5.10 Å². The lowest BCUT2D eigenvalue weighted by Crippen LogP contribution is -2.41. The van der Waals surface area contributed by atoms with Crippen molar-refractivity contribution in [3.8, 4) is 0 Å². The highest BCUT2D eigenvalue weighted by molar-refractivity contribution is 5.38. The van der Waals surface area contributed by atoms with E-state index in [0.29, 0.717) is 6.54 Å². The molecule has 2 aromatic heterocycles. The van der Waals surface area contributed by atoms with E-state index in [2.05, 4.69) is 16.3 Å². The van der Waals surface area contributed by atoms with Gasteiger partial charge in [-0.3, -0.25) is 0 Å². The van der Waals surface area contributed by atoms with Gasteiger partial charge >= 0.3 is 0 Å². The quantitative estimate of drug-likeness (QED) is 0.793. The molecule has 1 aliphatic rings. The van der Waals surface area contributed by atoms with Gasteiger partial charge in [0.1, 0.15) is 0 Å². The summed E-state index contributed by atoms with van der Waals surface area (Å²) < 4.78 is 1.82. The summed E-state index contributed by atoms with van der Waals surface area (Å²) in [7, 11) is 0. The molecule has 1 aliphatic carbocycles. The van der Waals surface area contributed by atoms with Crippen LogP contribution in [0.2, 0.25) is 0 Å². The Morgan fingerprint density at radius 3 is 3.00 bits per heavy atom. The average molecular weight is 202 g/mol. The fraction of sp³-hybridized carbons (Fsp3) is 0.455. The third-order valence-electron chi connectivity index (χ3n) is 3.56. The maximum absolute atomic E-state index is 5.86. The summed E-state index contributed by atoms with van der Waals surface area (Å²) in [6.45, 7) is 0.710. The molecule has 0 saturated heterocycles. The van der Waals surface area contributed by atoms with Gasteiger partial charge in [-0.05, 0) is 18.4 Å². The van der Waals surface area contributed by atoms with Crippen LogP contribution in [0.15, 0.2) is 24.7 Å². The highest BCUT2D eigenvalue weighted by Crippen LogP contribution is 2.42. The second-order valence-electron chi connectivity index (χ2n) is 4.31. The van der Waals surface area contributed by atoms with Crippen LogP contribution in [-0.4, -0.2) is 21.1 Å². The Hall–Kier alpha value is -1.42. The van der Waals surface area contributed by atoms with Crippen molar-refractivity contribution < 1.29 is 0 Å². The van der Waals surface area contributed by atoms with Crippen molar-refractivity contribution in [3.05, 3.63) is 30.2 Å². The summed E-state index contributed by atoms with van der Waals surface area (Å²) in [5, 5.41) is 4.20. The molecule has 15 heavy (non-hydrogen) atoms. The van der Waals surface area contributed by atoms with E-state index in [9.17, 15) is 0 Å². The minimum atomic E-state index is 0.174. The molecule has 2 N–H and O–H groups in total. The fourth-order valence-electron chi connectivity index (χ4n) is 2.30. The van der Waals surface area contributed by atoms with Crippen LogP contribution in [0.1, 0.15) is 24.8 Å². The van der Waals surface area contributed by atoms with Crippen molar-refractivity contribution in [2.45, 2.75) is 24.7 Å². The molecule has 0 atom stereocenters. The topological polar surface area (TPSA) is 56.2 Å². The molecule has 1 saturated carbocycles. The van der Waals surface area contributed by atoms with E-state index in [1.165, 1.54) is 24.8 Å². The van der Waals surface area contributed by atoms with E-state index in [1.54, 1.807) is 6.20 Å². The van der Waals surface area contributed by atoms with Crippen molar-refractivity contribution in [2.75, 3.05) is 6.54 Å². The van der Waals surface area contributed by atoms with Crippen LogP contribution >= 0.6 is 0 Å². The molecular weight excluding hydrogens is 188 g/mol. The molecule has 2 aromatic rings. The number of nitrogens with zero attached hydrogens (tertiary/aromatic N) is 3. The van der Waals surface area contributed by atoms with Crippen molar-refractivity contribution in [2.24, 2.45) is 5.73 Å². The summed E-state index contributed by atoms with van der Waals surface area (Å²) in [6, 6.07) is 1.90. The summed E-state index contributed by atoms with van der Waals surface area (Å²) in [5.41, 5.74) is 8.16. The van der Waals surface area contributed by atoms with Crippen molar-refractivity contribution in [1.82, 2.24) is 14.6 Å². The maximum atomic E-state index is 5.86. The van der Waals surface area contributed by atoms with Gasteiger partial charge in [0, 0.05) is 30.4 Å². The highest BCUT2D eigenvalue weighted by atomic mass is 15.2. The first-order valence-electron chi connectivity index (χ1n) is 5.34. The number of hydrogen-bond acceptors (Lipinski definition) is 3. The van der Waals surface area contributed by atoms with Gasteiger partial charge in [0.25, 0.3) is 0 Å². The molecule has 4 nitrogen and oxygen atoms in total. The minimum absolute atomic E-state index is 0.174. The second-order valence-corrected chi connectivity index (χ2v) is 4.31. The molecule has 0 aromatic carbocycles. The Morgan fingerprint density at radius 1 is 1.47 bits per heavy atom. The Kier molecular flexibility index (Phi) is 1.79. The third kappa shape index (κ3) is 1.18. The molecule has 78 valence electrons. The van der Waals surface area contributed by atoms with Gasteiger partial charge < -0.3 is 5.73 Å². The predicted molar refractivity (Wildman–Crippen MR) is 57.6 cm³/mol. The Bertz CT molecular complexity index is 479. The van der Waals surface area contributed by atoms with Gasteiger partial charge in [-0.1, -0.05) is 6.42 Å². The molecule has 3 rings (SSSR count). The van der Waals surface area contributed by atoms with E-state index in [4.69, 9.17) is 5.73 Å². The van der Waals surface area contributed by atoms with Gasteiger partial charge in [0.2, 0.25) is 0 Å². The lowest BCUT2D eigenvalue weighted by atomic mass is 9.65. The zero-order valence-electron chi connectivity index (χ0n) is 8.56. The number of hydrogen-bond donors (Lipinski definition) is 1. The first kappa shape index (κ1) is 8.85. The monoisotopic (exact) mass is 202 g/mol. The van der Waals surface area contributed by atoms with E-state index in [-0.39, 0.29) is 5.41 Å². The zero-order chi connectivity index (χ0) is 10.3. The number of fused-ring (bicyclic) bond motifs is 1.